The van der Waals surface area contributed by atoms with Crippen molar-refractivity contribution < 1.29 is 0 Å². The molecule has 0 spiro atoms. The Labute approximate surface area is 92.8 Å². The summed E-state index contributed by atoms with van der Waals surface area (Å²) in [6.45, 7) is 5.69. The predicted molar refractivity (Wildman–Crippen MR) is 60.7 cm³/mol. The average molecular weight is 222 g/mol. The number of aromatic amines is 1. The van der Waals surface area contributed by atoms with E-state index in [1.807, 2.05) is 20.0 Å². The molecule has 0 fully saturated rings. The molecule has 4 nitrogen and oxygen atoms in total. The fourth-order valence-electron chi connectivity index (χ4n) is 1.37. The van der Waals surface area contributed by atoms with E-state index in [-0.39, 0.29) is 0 Å². The van der Waals surface area contributed by atoms with Gasteiger partial charge in [-0.1, -0.05) is 0 Å². The first-order valence-electron chi connectivity index (χ1n) is 4.86. The number of thiazole rings is 1. The van der Waals surface area contributed by atoms with E-state index in [1.54, 1.807) is 11.3 Å². The molecule has 0 aromatic carbocycles. The molecule has 2 rings (SSSR count). The van der Waals surface area contributed by atoms with Gasteiger partial charge in [0.1, 0.15) is 0 Å². The van der Waals surface area contributed by atoms with E-state index in [0.717, 1.165) is 29.5 Å². The van der Waals surface area contributed by atoms with E-state index in [9.17, 15) is 0 Å². The molecule has 0 aliphatic carbocycles. The van der Waals surface area contributed by atoms with Crippen molar-refractivity contribution in [3.05, 3.63) is 33.5 Å². The monoisotopic (exact) mass is 222 g/mol. The number of nitrogens with one attached hydrogen (secondary N) is 2. The molecule has 0 saturated carbocycles. The summed E-state index contributed by atoms with van der Waals surface area (Å²) in [7, 11) is 0. The van der Waals surface area contributed by atoms with Crippen LogP contribution in [0.1, 0.15) is 22.0 Å². The molecule has 0 amide bonds. The summed E-state index contributed by atoms with van der Waals surface area (Å²) in [5.74, 6) is 0. The average Bonchev–Trinajstić information content (AvgIpc) is 2.77. The number of aromatic nitrogens is 3. The van der Waals surface area contributed by atoms with Gasteiger partial charge in [0.05, 0.1) is 16.9 Å². The predicted octanol–water partition coefficient (Wildman–Crippen LogP) is 1.77. The van der Waals surface area contributed by atoms with Gasteiger partial charge in [0.15, 0.2) is 0 Å². The second-order valence-corrected chi connectivity index (χ2v) is 4.54. The summed E-state index contributed by atoms with van der Waals surface area (Å²) in [5.41, 5.74) is 3.44. The summed E-state index contributed by atoms with van der Waals surface area (Å²) >= 11 is 1.69. The second-order valence-electron chi connectivity index (χ2n) is 3.48. The third-order valence-electron chi connectivity index (χ3n) is 2.22. The van der Waals surface area contributed by atoms with Crippen LogP contribution in [0.15, 0.2) is 11.6 Å². The van der Waals surface area contributed by atoms with Gasteiger partial charge in [-0.05, 0) is 13.8 Å². The van der Waals surface area contributed by atoms with Crippen LogP contribution in [-0.4, -0.2) is 15.2 Å². The number of hydrogen-bond acceptors (Lipinski definition) is 4. The van der Waals surface area contributed by atoms with E-state index in [4.69, 9.17) is 0 Å². The molecule has 0 bridgehead atoms. The van der Waals surface area contributed by atoms with Crippen LogP contribution in [0.25, 0.3) is 0 Å². The zero-order valence-electron chi connectivity index (χ0n) is 8.87. The van der Waals surface area contributed by atoms with Crippen LogP contribution in [0.2, 0.25) is 0 Å². The number of aryl methyl sites for hydroxylation is 2. The van der Waals surface area contributed by atoms with E-state index in [0.29, 0.717) is 0 Å². The van der Waals surface area contributed by atoms with Crippen LogP contribution in [0, 0.1) is 13.8 Å². The van der Waals surface area contributed by atoms with Gasteiger partial charge in [-0.3, -0.25) is 5.10 Å². The van der Waals surface area contributed by atoms with Gasteiger partial charge in [-0.25, -0.2) is 4.98 Å². The van der Waals surface area contributed by atoms with Crippen LogP contribution >= 0.6 is 11.3 Å². The Hall–Kier alpha value is -1.20. The summed E-state index contributed by atoms with van der Waals surface area (Å²) in [6, 6.07) is 0. The highest BCUT2D eigenvalue weighted by Crippen LogP contribution is 2.08. The number of hydrogen-bond donors (Lipinski definition) is 2. The van der Waals surface area contributed by atoms with E-state index in [2.05, 4.69) is 25.9 Å². The normalized spacial score (nSPS) is 10.8. The van der Waals surface area contributed by atoms with Crippen molar-refractivity contribution in [3.8, 4) is 0 Å². The van der Waals surface area contributed by atoms with Crippen molar-refractivity contribution >= 4 is 11.3 Å². The SMILES string of the molecule is Cc1nc(CNCc2cn[nH]c2C)cs1. The van der Waals surface area contributed by atoms with Gasteiger partial charge in [-0.2, -0.15) is 5.10 Å². The van der Waals surface area contributed by atoms with Gasteiger partial charge in [-0.15, -0.1) is 11.3 Å². The second kappa shape index (κ2) is 4.55. The third-order valence-corrected chi connectivity index (χ3v) is 3.04. The molecule has 80 valence electrons. The molecule has 2 aromatic rings. The van der Waals surface area contributed by atoms with Gasteiger partial charge >= 0.3 is 0 Å². The number of H-pyrrole nitrogens is 1. The molecule has 15 heavy (non-hydrogen) atoms. The van der Waals surface area contributed by atoms with Crippen molar-refractivity contribution in [2.45, 2.75) is 26.9 Å². The van der Waals surface area contributed by atoms with Crippen molar-refractivity contribution in [2.24, 2.45) is 0 Å². The highest BCUT2D eigenvalue weighted by atomic mass is 32.1. The lowest BCUT2D eigenvalue weighted by Crippen LogP contribution is -2.13. The Morgan fingerprint density at radius 2 is 2.27 bits per heavy atom. The lowest BCUT2D eigenvalue weighted by molar-refractivity contribution is 0.679. The first-order chi connectivity index (χ1) is 7.25. The Kier molecular flexibility index (Phi) is 3.13. The van der Waals surface area contributed by atoms with Crippen LogP contribution in [0.3, 0.4) is 0 Å². The Morgan fingerprint density at radius 1 is 1.40 bits per heavy atom. The molecule has 2 N–H and O–H groups in total. The fraction of sp³-hybridized carbons (Fsp3) is 0.400. The zero-order valence-corrected chi connectivity index (χ0v) is 9.69. The molecular weight excluding hydrogens is 208 g/mol. The van der Waals surface area contributed by atoms with Crippen LogP contribution < -0.4 is 5.32 Å². The summed E-state index contributed by atoms with van der Waals surface area (Å²) < 4.78 is 0. The first kappa shape index (κ1) is 10.3. The fourth-order valence-corrected chi connectivity index (χ4v) is 1.98. The Morgan fingerprint density at radius 3 is 2.87 bits per heavy atom. The molecule has 0 saturated heterocycles. The third kappa shape index (κ3) is 2.64. The van der Waals surface area contributed by atoms with E-state index >= 15 is 0 Å². The van der Waals surface area contributed by atoms with Crippen LogP contribution in [-0.2, 0) is 13.1 Å². The maximum absolute atomic E-state index is 4.38. The maximum atomic E-state index is 4.38. The standard InChI is InChI=1S/C10H14N4S/c1-7-9(4-12-14-7)3-11-5-10-6-15-8(2)13-10/h4,6,11H,3,5H2,1-2H3,(H,12,14). The van der Waals surface area contributed by atoms with E-state index in [1.165, 1.54) is 5.56 Å². The summed E-state index contributed by atoms with van der Waals surface area (Å²) in [5, 5.41) is 13.4. The van der Waals surface area contributed by atoms with Crippen LogP contribution in [0.5, 0.6) is 0 Å². The lowest BCUT2D eigenvalue weighted by Gasteiger charge is -2.00. The minimum absolute atomic E-state index is 0.814. The number of rotatable bonds is 4. The Bertz CT molecular complexity index is 432. The number of nitrogens with zero attached hydrogens (tertiary/aromatic N) is 2. The minimum atomic E-state index is 0.814. The topological polar surface area (TPSA) is 53.6 Å². The highest BCUT2D eigenvalue weighted by Gasteiger charge is 2.01. The largest absolute Gasteiger partial charge is 0.307 e. The van der Waals surface area contributed by atoms with Gasteiger partial charge in [0.25, 0.3) is 0 Å². The van der Waals surface area contributed by atoms with Crippen molar-refractivity contribution in [3.63, 3.8) is 0 Å². The van der Waals surface area contributed by atoms with Crippen LogP contribution in [0.4, 0.5) is 0 Å². The smallest absolute Gasteiger partial charge is 0.0897 e. The lowest BCUT2D eigenvalue weighted by atomic mass is 10.2. The molecule has 2 heterocycles. The molecule has 0 radical (unpaired) electrons. The quantitative estimate of drug-likeness (QED) is 0.829. The molecule has 0 aliphatic rings. The summed E-state index contributed by atoms with van der Waals surface area (Å²) in [4.78, 5) is 4.38. The molecule has 0 unspecified atom stereocenters. The van der Waals surface area contributed by atoms with Gasteiger partial charge < -0.3 is 5.32 Å². The maximum Gasteiger partial charge on any atom is 0.0897 e. The zero-order chi connectivity index (χ0) is 10.7. The van der Waals surface area contributed by atoms with Crippen molar-refractivity contribution in [2.75, 3.05) is 0 Å². The molecule has 0 atom stereocenters. The summed E-state index contributed by atoms with van der Waals surface area (Å²) in [6.07, 6.45) is 1.86. The molecule has 5 heteroatoms. The Balaban J connectivity index is 1.83. The van der Waals surface area contributed by atoms with Gasteiger partial charge in [0, 0.05) is 29.7 Å². The molecule has 2 aromatic heterocycles. The van der Waals surface area contributed by atoms with Crippen molar-refractivity contribution in [1.82, 2.24) is 20.5 Å². The first-order valence-corrected chi connectivity index (χ1v) is 5.74. The highest BCUT2D eigenvalue weighted by molar-refractivity contribution is 7.09. The molecule has 0 aliphatic heterocycles. The van der Waals surface area contributed by atoms with E-state index < -0.39 is 0 Å². The van der Waals surface area contributed by atoms with Gasteiger partial charge in [0.2, 0.25) is 0 Å². The minimum Gasteiger partial charge on any atom is -0.307 e. The van der Waals surface area contributed by atoms with Crippen molar-refractivity contribution in [1.29, 1.82) is 0 Å². The molecular formula is C10H14N4S.